The van der Waals surface area contributed by atoms with Gasteiger partial charge in [-0.3, -0.25) is 29.5 Å². The lowest BCUT2D eigenvalue weighted by Crippen LogP contribution is -2.56. The highest BCUT2D eigenvalue weighted by atomic mass is 35.5. The molecule has 3 N–H and O–H groups in total. The van der Waals surface area contributed by atoms with Crippen molar-refractivity contribution in [2.75, 3.05) is 41.2 Å². The van der Waals surface area contributed by atoms with E-state index in [0.717, 1.165) is 52.4 Å². The number of benzene rings is 1. The number of carbonyl (C=O) groups is 5. The van der Waals surface area contributed by atoms with Crippen molar-refractivity contribution in [2.24, 2.45) is 0 Å². The molecule has 16 heteroatoms. The number of amides is 3. The first kappa shape index (κ1) is 46.9. The smallest absolute Gasteiger partial charge is 0.426 e. The van der Waals surface area contributed by atoms with Crippen LogP contribution in [0, 0.1) is 0 Å². The lowest BCUT2D eigenvalue weighted by Gasteiger charge is -2.30. The maximum absolute atomic E-state index is 13.6. The number of likely N-dealkylation sites (N-methyl/N-ethyl adjacent to an activating group) is 1. The molecule has 0 saturated carbocycles. The molecule has 3 heterocycles. The van der Waals surface area contributed by atoms with Gasteiger partial charge in [-0.25, -0.2) is 10.2 Å². The summed E-state index contributed by atoms with van der Waals surface area (Å²) in [6.07, 6.45) is 6.63. The highest BCUT2D eigenvalue weighted by Gasteiger charge is 2.37. The van der Waals surface area contributed by atoms with Crippen LogP contribution in [0.15, 0.2) is 69.6 Å². The van der Waals surface area contributed by atoms with Crippen LogP contribution in [0.5, 0.6) is 5.75 Å². The van der Waals surface area contributed by atoms with Gasteiger partial charge in [0, 0.05) is 31.1 Å². The molecule has 1 saturated heterocycles. The summed E-state index contributed by atoms with van der Waals surface area (Å²) in [6, 6.07) is 5.73. The summed E-state index contributed by atoms with van der Waals surface area (Å²) < 4.78 is 25.4. The Balaban J connectivity index is 0.000000398. The Kier molecular flexibility index (Phi) is 17.7. The summed E-state index contributed by atoms with van der Waals surface area (Å²) in [5.74, 6) is 0.948. The standard InChI is InChI=1S/C26H26N2O5.C11H23N3O3.C2H4O2.CH3Cl/c1-4-19-15(2)27-22-11-21(19)20-7-8-28(23(20)12-24(22)33-14-29)26(30)25-10-17-9-18(31-3)6-5-16(17)13-32-25;1-10(2,3)17-9(16)13-12-8(15)11(4,5)14(6)7;1-4-2-3;1-2/h5-6,9-10,12,14,27H,4,7-8,11,13H2,1-3H3;1-7H3,(H,12,15)(H,13,16);2H,1H3;1H3. The summed E-state index contributed by atoms with van der Waals surface area (Å²) in [5.41, 5.74) is 11.4. The van der Waals surface area contributed by atoms with Crippen molar-refractivity contribution in [2.45, 2.75) is 85.5 Å². The van der Waals surface area contributed by atoms with Crippen LogP contribution in [0.2, 0.25) is 0 Å². The van der Waals surface area contributed by atoms with Crippen LogP contribution in [0.3, 0.4) is 0 Å². The molecule has 15 nitrogen and oxygen atoms in total. The van der Waals surface area contributed by atoms with Crippen LogP contribution in [-0.4, -0.2) is 93.0 Å². The van der Waals surface area contributed by atoms with Gasteiger partial charge in [0.15, 0.2) is 11.5 Å². The van der Waals surface area contributed by atoms with E-state index in [1.54, 1.807) is 77.8 Å². The molecule has 0 atom stereocenters. The molecule has 308 valence electrons. The SMILES string of the molecule is CCC1=C(C)NC2=C(OC=O)C=C3C(=C1C2)CCN3C(=O)C1=Cc2cc(OC)ccc2CO1.CCl.CN(C)C(C)(C)C(=O)NNC(=O)OC(C)(C)C.COC=O. The number of rotatable bonds is 8. The molecule has 1 aromatic carbocycles. The third-order valence-electron chi connectivity index (χ3n) is 9.08. The number of hydrogen-bond acceptors (Lipinski definition) is 12. The van der Waals surface area contributed by atoms with Crippen LogP contribution in [0.1, 0.15) is 78.9 Å². The molecule has 3 amide bonds. The maximum atomic E-state index is 13.6. The van der Waals surface area contributed by atoms with Gasteiger partial charge in [0.1, 0.15) is 18.0 Å². The van der Waals surface area contributed by atoms with E-state index >= 15 is 0 Å². The van der Waals surface area contributed by atoms with Crippen molar-refractivity contribution >= 4 is 48.5 Å². The topological polar surface area (TPSA) is 174 Å². The molecule has 56 heavy (non-hydrogen) atoms. The molecule has 1 fully saturated rings. The molecule has 0 aromatic heterocycles. The Hall–Kier alpha value is -5.28. The minimum Gasteiger partial charge on any atom is -0.497 e. The van der Waals surface area contributed by atoms with Gasteiger partial charge in [-0.15, -0.1) is 11.6 Å². The third-order valence-corrected chi connectivity index (χ3v) is 9.08. The van der Waals surface area contributed by atoms with Gasteiger partial charge in [0.05, 0.1) is 31.2 Å². The number of nitrogens with one attached hydrogen (secondary N) is 3. The van der Waals surface area contributed by atoms with Crippen LogP contribution < -0.4 is 20.9 Å². The van der Waals surface area contributed by atoms with Gasteiger partial charge in [0.2, 0.25) is 0 Å². The van der Waals surface area contributed by atoms with Crippen molar-refractivity contribution in [3.63, 3.8) is 0 Å². The van der Waals surface area contributed by atoms with Gasteiger partial charge < -0.3 is 33.9 Å². The van der Waals surface area contributed by atoms with E-state index in [-0.39, 0.29) is 11.8 Å². The van der Waals surface area contributed by atoms with Crippen LogP contribution in [0.4, 0.5) is 4.79 Å². The van der Waals surface area contributed by atoms with Gasteiger partial charge in [-0.05, 0) is 115 Å². The van der Waals surface area contributed by atoms with Crippen LogP contribution in [0.25, 0.3) is 6.08 Å². The molecular formula is C40H56ClN5O10. The molecule has 1 aromatic rings. The summed E-state index contributed by atoms with van der Waals surface area (Å²) >= 11 is 4.64. The number of hydrogen-bond donors (Lipinski definition) is 3. The number of nitrogens with zero attached hydrogens (tertiary/aromatic N) is 2. The monoisotopic (exact) mass is 801 g/mol. The van der Waals surface area contributed by atoms with Crippen LogP contribution >= 0.6 is 11.6 Å². The zero-order chi connectivity index (χ0) is 42.4. The number of carbonyl (C=O) groups excluding carboxylic acids is 5. The molecule has 0 radical (unpaired) electrons. The maximum Gasteiger partial charge on any atom is 0.426 e. The predicted octanol–water partition coefficient (Wildman–Crippen LogP) is 5.58. The molecule has 4 aliphatic rings. The first-order valence-electron chi connectivity index (χ1n) is 17.8. The van der Waals surface area contributed by atoms with Crippen molar-refractivity contribution in [1.29, 1.82) is 0 Å². The lowest BCUT2D eigenvalue weighted by molar-refractivity contribution is -0.131. The van der Waals surface area contributed by atoms with E-state index in [1.807, 2.05) is 25.1 Å². The Morgan fingerprint density at radius 1 is 1.02 bits per heavy atom. The summed E-state index contributed by atoms with van der Waals surface area (Å²) in [7, 11) is 6.50. The van der Waals surface area contributed by atoms with E-state index in [1.165, 1.54) is 24.6 Å². The number of hydrazine groups is 1. The fourth-order valence-electron chi connectivity index (χ4n) is 5.78. The highest BCUT2D eigenvalue weighted by Crippen LogP contribution is 2.43. The predicted molar refractivity (Wildman–Crippen MR) is 212 cm³/mol. The molecule has 3 aliphatic heterocycles. The van der Waals surface area contributed by atoms with E-state index in [2.05, 4.69) is 39.4 Å². The van der Waals surface area contributed by atoms with Gasteiger partial charge in [-0.1, -0.05) is 13.0 Å². The minimum absolute atomic E-state index is 0.205. The molecule has 1 aliphatic carbocycles. The fraction of sp³-hybridized carbons (Fsp3) is 0.475. The first-order valence-corrected chi connectivity index (χ1v) is 18.6. The van der Waals surface area contributed by atoms with Gasteiger partial charge in [-0.2, -0.15) is 0 Å². The molecule has 0 spiro atoms. The Morgan fingerprint density at radius 3 is 2.23 bits per heavy atom. The second-order valence-electron chi connectivity index (χ2n) is 14.2. The minimum atomic E-state index is -0.713. The zero-order valence-electron chi connectivity index (χ0n) is 34.4. The van der Waals surface area contributed by atoms with Crippen molar-refractivity contribution in [3.8, 4) is 5.75 Å². The van der Waals surface area contributed by atoms with E-state index < -0.39 is 17.2 Å². The Bertz CT molecular complexity index is 1790. The average molecular weight is 802 g/mol. The quantitative estimate of drug-likeness (QED) is 0.129. The lowest BCUT2D eigenvalue weighted by atomic mass is 9.89. The van der Waals surface area contributed by atoms with Gasteiger partial charge in [0.25, 0.3) is 24.8 Å². The zero-order valence-corrected chi connectivity index (χ0v) is 35.2. The number of alkyl halides is 1. The van der Waals surface area contributed by atoms with Crippen molar-refractivity contribution in [3.05, 3.63) is 80.7 Å². The van der Waals surface area contributed by atoms with Gasteiger partial charge >= 0.3 is 6.09 Å². The van der Waals surface area contributed by atoms with Crippen molar-refractivity contribution in [1.82, 2.24) is 26.0 Å². The Labute approximate surface area is 334 Å². The number of fused-ring (bicyclic) bond motifs is 4. The third kappa shape index (κ3) is 12.1. The molecule has 2 bridgehead atoms. The normalized spacial score (nSPS) is 15.4. The van der Waals surface area contributed by atoms with E-state index in [9.17, 15) is 19.2 Å². The number of ether oxygens (including phenoxy) is 5. The summed E-state index contributed by atoms with van der Waals surface area (Å²) in [4.78, 5) is 60.3. The van der Waals surface area contributed by atoms with Crippen LogP contribution in [-0.2, 0) is 44.7 Å². The number of methoxy groups -OCH3 is 2. The van der Waals surface area contributed by atoms with E-state index in [4.69, 9.17) is 23.7 Å². The molecule has 0 unspecified atom stereocenters. The first-order chi connectivity index (χ1) is 26.4. The van der Waals surface area contributed by atoms with E-state index in [0.29, 0.717) is 44.0 Å². The average Bonchev–Trinajstić information content (AvgIpc) is 3.54. The Morgan fingerprint density at radius 2 is 1.68 bits per heavy atom. The largest absolute Gasteiger partial charge is 0.497 e. The summed E-state index contributed by atoms with van der Waals surface area (Å²) in [6.45, 7) is 14.6. The highest BCUT2D eigenvalue weighted by molar-refractivity contribution is 6.15. The molecule has 5 rings (SSSR count). The van der Waals surface area contributed by atoms with Crippen molar-refractivity contribution < 1.29 is 47.7 Å². The number of likely N-dealkylation sites (tertiary alicyclic amines) is 1. The number of halogens is 1. The fourth-order valence-corrected chi connectivity index (χ4v) is 5.78. The summed E-state index contributed by atoms with van der Waals surface area (Å²) in [5, 5.41) is 3.39. The second-order valence-corrected chi connectivity index (χ2v) is 14.2. The second kappa shape index (κ2) is 21.1. The molecular weight excluding hydrogens is 746 g/mol. The number of allylic oxidation sites excluding steroid dienone is 5.